The number of benzene rings is 2. The summed E-state index contributed by atoms with van der Waals surface area (Å²) < 4.78 is 21.6. The van der Waals surface area contributed by atoms with Crippen LogP contribution in [0.15, 0.2) is 48.7 Å². The Bertz CT molecular complexity index is 1690. The van der Waals surface area contributed by atoms with Crippen LogP contribution in [0.2, 0.25) is 5.02 Å². The minimum Gasteiger partial charge on any atom is -0.495 e. The molecule has 2 aromatic carbocycles. The summed E-state index contributed by atoms with van der Waals surface area (Å²) in [6.07, 6.45) is 2.17. The van der Waals surface area contributed by atoms with Crippen LogP contribution in [-0.4, -0.2) is 58.6 Å². The molecule has 3 aliphatic heterocycles. The molecule has 2 amide bonds. The number of carboxylic acid groups (broad SMARTS) is 1. The Labute approximate surface area is 253 Å². The molecule has 224 valence electrons. The normalized spacial score (nSPS) is 24.8. The quantitative estimate of drug-likeness (QED) is 0.402. The monoisotopic (exact) mass is 606 g/mol. The lowest BCUT2D eigenvalue weighted by Gasteiger charge is -2.40. The average Bonchev–Trinajstić information content (AvgIpc) is 3.52. The molecule has 4 heterocycles. The Morgan fingerprint density at radius 3 is 2.65 bits per heavy atom. The van der Waals surface area contributed by atoms with Gasteiger partial charge in [0.05, 0.1) is 36.1 Å². The van der Waals surface area contributed by atoms with Gasteiger partial charge in [-0.1, -0.05) is 44.5 Å². The lowest BCUT2D eigenvalue weighted by atomic mass is 9.62. The van der Waals surface area contributed by atoms with Crippen LogP contribution < -0.4 is 15.0 Å². The van der Waals surface area contributed by atoms with Gasteiger partial charge in [-0.3, -0.25) is 24.4 Å². The predicted octanol–water partition coefficient (Wildman–Crippen LogP) is 5.36. The van der Waals surface area contributed by atoms with Crippen LogP contribution in [0.1, 0.15) is 60.3 Å². The smallest absolute Gasteiger partial charge is 0.335 e. The molecule has 1 aromatic heterocycles. The summed E-state index contributed by atoms with van der Waals surface area (Å²) in [5.41, 5.74) is 0.866. The number of fused-ring (bicyclic) bond motifs is 3. The van der Waals surface area contributed by atoms with E-state index in [-0.39, 0.29) is 45.8 Å². The largest absolute Gasteiger partial charge is 0.495 e. The van der Waals surface area contributed by atoms with E-state index in [1.54, 1.807) is 24.4 Å². The number of carboxylic acids is 1. The first-order valence-electron chi connectivity index (χ1n) is 14.0. The van der Waals surface area contributed by atoms with Crippen LogP contribution in [-0.2, 0) is 15.0 Å². The third-order valence-corrected chi connectivity index (χ3v) is 9.16. The number of rotatable bonds is 5. The molecule has 6 rings (SSSR count). The van der Waals surface area contributed by atoms with Gasteiger partial charge in [-0.2, -0.15) is 0 Å². The van der Waals surface area contributed by atoms with Gasteiger partial charge in [0.1, 0.15) is 17.0 Å². The summed E-state index contributed by atoms with van der Waals surface area (Å²) in [6, 6.07) is 9.30. The zero-order valence-corrected chi connectivity index (χ0v) is 25.2. The van der Waals surface area contributed by atoms with Gasteiger partial charge in [0.25, 0.3) is 0 Å². The average molecular weight is 607 g/mol. The number of halogens is 2. The zero-order valence-electron chi connectivity index (χ0n) is 24.4. The number of aromatic carboxylic acids is 1. The highest BCUT2D eigenvalue weighted by Gasteiger charge is 2.71. The fourth-order valence-corrected chi connectivity index (χ4v) is 7.39. The number of hydrogen-bond donors (Lipinski definition) is 2. The molecule has 0 bridgehead atoms. The van der Waals surface area contributed by atoms with E-state index in [9.17, 15) is 19.5 Å². The van der Waals surface area contributed by atoms with Crippen LogP contribution in [0.4, 0.5) is 15.8 Å². The molecule has 3 aliphatic rings. The first kappa shape index (κ1) is 29.1. The first-order chi connectivity index (χ1) is 20.3. The summed E-state index contributed by atoms with van der Waals surface area (Å²) in [5, 5.41) is 12.4. The number of pyridine rings is 1. The zero-order chi connectivity index (χ0) is 31.0. The maximum Gasteiger partial charge on any atom is 0.335 e. The van der Waals surface area contributed by atoms with Crippen molar-refractivity contribution in [3.8, 4) is 5.75 Å². The van der Waals surface area contributed by atoms with E-state index in [1.807, 2.05) is 11.8 Å². The molecule has 2 N–H and O–H groups in total. The minimum absolute atomic E-state index is 0.0122. The standard InChI is InChI=1S/C32H32ClFN4O5/c1-16-11-21-19(14-35-16)32(30(42)36-21)24(13-31(2,3)4)38-15-37(22-10-9-17(29(40)41)12-23(22)43-5)28(39)27(38)25(32)18-7-6-8-20(33)26(18)34/h6-12,14,24-25,27H,13,15H2,1-5H3,(H,36,42)(H,40,41)/t24-,25-,27+,32+/m0/s1. The van der Waals surface area contributed by atoms with E-state index < -0.39 is 35.2 Å². The van der Waals surface area contributed by atoms with Crippen LogP contribution in [0.3, 0.4) is 0 Å². The van der Waals surface area contributed by atoms with Crippen molar-refractivity contribution in [1.82, 2.24) is 9.88 Å². The Balaban J connectivity index is 1.60. The van der Waals surface area contributed by atoms with Gasteiger partial charge in [-0.05, 0) is 54.7 Å². The van der Waals surface area contributed by atoms with E-state index in [2.05, 4.69) is 31.1 Å². The number of nitrogens with zero attached hydrogens (tertiary/aromatic N) is 3. The number of aromatic nitrogens is 1. The second-order valence-electron chi connectivity index (χ2n) is 12.7. The van der Waals surface area contributed by atoms with E-state index in [0.717, 1.165) is 0 Å². The van der Waals surface area contributed by atoms with Gasteiger partial charge in [-0.25, -0.2) is 9.18 Å². The van der Waals surface area contributed by atoms with Crippen LogP contribution in [0.25, 0.3) is 0 Å². The fourth-order valence-electron chi connectivity index (χ4n) is 7.21. The number of anilines is 2. The van der Waals surface area contributed by atoms with Crippen molar-refractivity contribution in [1.29, 1.82) is 0 Å². The topological polar surface area (TPSA) is 112 Å². The summed E-state index contributed by atoms with van der Waals surface area (Å²) in [7, 11) is 1.41. The summed E-state index contributed by atoms with van der Waals surface area (Å²) >= 11 is 6.31. The molecule has 0 radical (unpaired) electrons. The predicted molar refractivity (Wildman–Crippen MR) is 159 cm³/mol. The van der Waals surface area contributed by atoms with Gasteiger partial charge in [0, 0.05) is 35.1 Å². The third-order valence-electron chi connectivity index (χ3n) is 8.86. The second-order valence-corrected chi connectivity index (χ2v) is 13.1. The van der Waals surface area contributed by atoms with Crippen molar-refractivity contribution < 1.29 is 28.6 Å². The molecule has 2 saturated heterocycles. The second kappa shape index (κ2) is 10.0. The van der Waals surface area contributed by atoms with Gasteiger partial charge < -0.3 is 15.2 Å². The van der Waals surface area contributed by atoms with Crippen LogP contribution in [0, 0.1) is 18.2 Å². The highest BCUT2D eigenvalue weighted by atomic mass is 35.5. The molecule has 1 spiro atoms. The molecule has 9 nitrogen and oxygen atoms in total. The summed E-state index contributed by atoms with van der Waals surface area (Å²) in [6.45, 7) is 8.10. The molecule has 0 saturated carbocycles. The van der Waals surface area contributed by atoms with Gasteiger partial charge in [0.15, 0.2) is 0 Å². The molecule has 0 aliphatic carbocycles. The molecule has 0 unspecified atom stereocenters. The number of nitrogens with one attached hydrogen (secondary N) is 1. The summed E-state index contributed by atoms with van der Waals surface area (Å²) in [5.74, 6) is -3.22. The van der Waals surface area contributed by atoms with E-state index in [0.29, 0.717) is 29.1 Å². The molecular formula is C32H32ClFN4O5. The third kappa shape index (κ3) is 4.30. The maximum absolute atomic E-state index is 16.1. The van der Waals surface area contributed by atoms with Gasteiger partial charge in [0.2, 0.25) is 11.8 Å². The van der Waals surface area contributed by atoms with Crippen LogP contribution >= 0.6 is 11.6 Å². The number of methoxy groups -OCH3 is 1. The van der Waals surface area contributed by atoms with E-state index >= 15 is 4.39 Å². The molecule has 4 atom stereocenters. The van der Waals surface area contributed by atoms with Crippen molar-refractivity contribution in [2.75, 3.05) is 24.0 Å². The number of amides is 2. The molecule has 3 aromatic rings. The van der Waals surface area contributed by atoms with E-state index in [1.165, 1.54) is 36.3 Å². The highest BCUT2D eigenvalue weighted by molar-refractivity contribution is 6.30. The van der Waals surface area contributed by atoms with Crippen molar-refractivity contribution >= 4 is 40.8 Å². The summed E-state index contributed by atoms with van der Waals surface area (Å²) in [4.78, 5) is 48.7. The first-order valence-corrected chi connectivity index (χ1v) is 14.4. The Hall–Kier alpha value is -4.02. The minimum atomic E-state index is -1.35. The lowest BCUT2D eigenvalue weighted by molar-refractivity contribution is -0.122. The highest BCUT2D eigenvalue weighted by Crippen LogP contribution is 2.61. The van der Waals surface area contributed by atoms with Crippen LogP contribution in [0.5, 0.6) is 5.75 Å². The van der Waals surface area contributed by atoms with Gasteiger partial charge >= 0.3 is 5.97 Å². The van der Waals surface area contributed by atoms with Gasteiger partial charge in [-0.15, -0.1) is 0 Å². The maximum atomic E-state index is 16.1. The number of hydrogen-bond acceptors (Lipinski definition) is 6. The SMILES string of the molecule is COc1cc(C(=O)O)ccc1N1CN2[C@@H](CC(C)(C)C)[C@@]3(C(=O)Nc4cc(C)ncc43)[C@@H](c3cccc(Cl)c3F)[C@@H]2C1=O. The molecular weight excluding hydrogens is 575 g/mol. The number of ether oxygens (including phenoxy) is 1. The molecule has 43 heavy (non-hydrogen) atoms. The molecule has 11 heteroatoms. The van der Waals surface area contributed by atoms with Crippen molar-refractivity contribution in [3.63, 3.8) is 0 Å². The lowest BCUT2D eigenvalue weighted by Crippen LogP contribution is -2.52. The Morgan fingerprint density at radius 2 is 1.98 bits per heavy atom. The molecule has 2 fully saturated rings. The Kier molecular flexibility index (Phi) is 6.78. The van der Waals surface area contributed by atoms with E-state index in [4.69, 9.17) is 16.3 Å². The fraction of sp³-hybridized carbons (Fsp3) is 0.375. The van der Waals surface area contributed by atoms with Crippen molar-refractivity contribution in [2.45, 2.75) is 57.5 Å². The number of carbonyl (C=O) groups excluding carboxylic acids is 2. The Morgan fingerprint density at radius 1 is 1.23 bits per heavy atom. The number of aryl methyl sites for hydroxylation is 1. The number of carbonyl (C=O) groups is 3. The van der Waals surface area contributed by atoms with Crippen molar-refractivity contribution in [3.05, 3.63) is 81.9 Å². The van der Waals surface area contributed by atoms with Crippen molar-refractivity contribution in [2.24, 2.45) is 5.41 Å².